The molecule has 0 spiro atoms. The van der Waals surface area contributed by atoms with E-state index in [-0.39, 0.29) is 12.5 Å². The second-order valence-electron chi connectivity index (χ2n) is 8.43. The Kier molecular flexibility index (Phi) is 4.94. The molecule has 5 rings (SSSR count). The Labute approximate surface area is 182 Å². The number of benzene rings is 2. The molecule has 1 aliphatic carbocycles. The molecule has 1 aliphatic heterocycles. The van der Waals surface area contributed by atoms with Crippen LogP contribution in [0.15, 0.2) is 48.8 Å². The van der Waals surface area contributed by atoms with Gasteiger partial charge in [-0.15, -0.1) is 0 Å². The van der Waals surface area contributed by atoms with Crippen LogP contribution in [0.5, 0.6) is 0 Å². The van der Waals surface area contributed by atoms with Crippen molar-refractivity contribution in [1.82, 2.24) is 9.78 Å². The van der Waals surface area contributed by atoms with Gasteiger partial charge in [-0.05, 0) is 54.5 Å². The van der Waals surface area contributed by atoms with Gasteiger partial charge >= 0.3 is 0 Å². The fraction of sp³-hybridized carbons (Fsp3) is 0.320. The molecule has 6 nitrogen and oxygen atoms in total. The Morgan fingerprint density at radius 1 is 1.16 bits per heavy atom. The van der Waals surface area contributed by atoms with Gasteiger partial charge < -0.3 is 4.74 Å². The van der Waals surface area contributed by atoms with E-state index < -0.39 is 0 Å². The fourth-order valence-electron chi connectivity index (χ4n) is 5.12. The van der Waals surface area contributed by atoms with Gasteiger partial charge in [0, 0.05) is 30.3 Å². The number of hydrogen-bond acceptors (Lipinski definition) is 4. The SMILES string of the molecule is CC(=N)N1C(=N)COCc2c1ccc(-c1cnn(C)c1)c2C1CCCc2ccccc21. The molecule has 3 aromatic rings. The van der Waals surface area contributed by atoms with E-state index >= 15 is 0 Å². The van der Waals surface area contributed by atoms with Crippen molar-refractivity contribution in [1.29, 1.82) is 10.8 Å². The highest BCUT2D eigenvalue weighted by Crippen LogP contribution is 2.45. The van der Waals surface area contributed by atoms with Gasteiger partial charge in [0.15, 0.2) is 0 Å². The van der Waals surface area contributed by atoms with E-state index in [2.05, 4.69) is 41.6 Å². The van der Waals surface area contributed by atoms with E-state index in [1.54, 1.807) is 11.8 Å². The molecule has 2 N–H and O–H groups in total. The lowest BCUT2D eigenvalue weighted by molar-refractivity contribution is 0.159. The standard InChI is InChI=1S/C25H27N5O/c1-16(26)30-23-11-10-20(18-12-28-29(2)13-18)25(22(23)14-31-15-24(30)27)21-9-5-7-17-6-3-4-8-19(17)21/h3-4,6,8,10-13,21,26-27H,5,7,9,14-15H2,1-2H3. The van der Waals surface area contributed by atoms with Gasteiger partial charge in [0.2, 0.25) is 0 Å². The molecule has 1 atom stereocenters. The number of amidine groups is 2. The van der Waals surface area contributed by atoms with Crippen LogP contribution in [0.2, 0.25) is 0 Å². The maximum absolute atomic E-state index is 8.45. The largest absolute Gasteiger partial charge is 0.369 e. The number of nitrogens with one attached hydrogen (secondary N) is 2. The summed E-state index contributed by atoms with van der Waals surface area (Å²) in [5.41, 5.74) is 8.26. The zero-order valence-electron chi connectivity index (χ0n) is 18.0. The van der Waals surface area contributed by atoms with Gasteiger partial charge in [-0.2, -0.15) is 5.10 Å². The third kappa shape index (κ3) is 3.37. The Hall–Kier alpha value is -3.25. The molecular formula is C25H27N5O. The van der Waals surface area contributed by atoms with Crippen molar-refractivity contribution in [2.24, 2.45) is 7.05 Å². The number of ether oxygens (including phenoxy) is 1. The molecule has 31 heavy (non-hydrogen) atoms. The Morgan fingerprint density at radius 2 is 2.00 bits per heavy atom. The number of fused-ring (bicyclic) bond motifs is 2. The van der Waals surface area contributed by atoms with Crippen LogP contribution in [0.4, 0.5) is 5.69 Å². The fourth-order valence-corrected chi connectivity index (χ4v) is 5.12. The van der Waals surface area contributed by atoms with Crippen molar-refractivity contribution >= 4 is 17.4 Å². The maximum Gasteiger partial charge on any atom is 0.132 e. The minimum atomic E-state index is 0.202. The molecule has 1 unspecified atom stereocenters. The Morgan fingerprint density at radius 3 is 2.77 bits per heavy atom. The first-order chi connectivity index (χ1) is 15.0. The normalized spacial score (nSPS) is 18.3. The lowest BCUT2D eigenvalue weighted by atomic mass is 9.75. The third-order valence-electron chi connectivity index (χ3n) is 6.40. The molecule has 2 aliphatic rings. The number of aromatic nitrogens is 2. The molecule has 2 heterocycles. The zero-order valence-corrected chi connectivity index (χ0v) is 18.0. The minimum Gasteiger partial charge on any atom is -0.369 e. The average Bonchev–Trinajstić information content (AvgIpc) is 3.11. The van der Waals surface area contributed by atoms with E-state index in [4.69, 9.17) is 15.6 Å². The first-order valence-electron chi connectivity index (χ1n) is 10.8. The number of anilines is 1. The summed E-state index contributed by atoms with van der Waals surface area (Å²) in [6.45, 7) is 2.37. The van der Waals surface area contributed by atoms with Crippen molar-refractivity contribution in [3.8, 4) is 11.1 Å². The summed E-state index contributed by atoms with van der Waals surface area (Å²) in [7, 11) is 1.94. The van der Waals surface area contributed by atoms with Crippen LogP contribution in [0.1, 0.15) is 47.9 Å². The summed E-state index contributed by atoms with van der Waals surface area (Å²) < 4.78 is 7.78. The lowest BCUT2D eigenvalue weighted by Crippen LogP contribution is -2.36. The van der Waals surface area contributed by atoms with Crippen LogP contribution in [0.3, 0.4) is 0 Å². The van der Waals surface area contributed by atoms with Gasteiger partial charge in [0.25, 0.3) is 0 Å². The number of nitrogens with zero attached hydrogens (tertiary/aromatic N) is 3. The molecule has 0 radical (unpaired) electrons. The summed E-state index contributed by atoms with van der Waals surface area (Å²) in [6, 6.07) is 12.9. The van der Waals surface area contributed by atoms with Crippen LogP contribution >= 0.6 is 0 Å². The summed E-state index contributed by atoms with van der Waals surface area (Å²) >= 11 is 0. The number of hydrogen-bond donors (Lipinski definition) is 2. The van der Waals surface area contributed by atoms with Crippen molar-refractivity contribution in [3.63, 3.8) is 0 Å². The number of aryl methyl sites for hydroxylation is 2. The summed E-state index contributed by atoms with van der Waals surface area (Å²) in [6.07, 6.45) is 7.29. The van der Waals surface area contributed by atoms with Crippen LogP contribution in [0, 0.1) is 10.8 Å². The quantitative estimate of drug-likeness (QED) is 0.465. The Balaban J connectivity index is 1.79. The zero-order chi connectivity index (χ0) is 21.5. The van der Waals surface area contributed by atoms with Gasteiger partial charge in [0.1, 0.15) is 18.3 Å². The van der Waals surface area contributed by atoms with Crippen LogP contribution in [-0.2, 0) is 24.8 Å². The summed E-state index contributed by atoms with van der Waals surface area (Å²) in [5.74, 6) is 0.884. The van der Waals surface area contributed by atoms with Crippen molar-refractivity contribution < 1.29 is 4.74 Å². The molecule has 0 fully saturated rings. The molecule has 2 aromatic carbocycles. The van der Waals surface area contributed by atoms with Crippen molar-refractivity contribution in [2.75, 3.05) is 11.5 Å². The van der Waals surface area contributed by atoms with E-state index in [1.807, 2.05) is 24.0 Å². The van der Waals surface area contributed by atoms with Crippen LogP contribution < -0.4 is 4.90 Å². The highest BCUT2D eigenvalue weighted by molar-refractivity contribution is 6.17. The molecule has 0 saturated carbocycles. The molecule has 0 amide bonds. The molecule has 0 saturated heterocycles. The predicted octanol–water partition coefficient (Wildman–Crippen LogP) is 4.87. The monoisotopic (exact) mass is 413 g/mol. The maximum atomic E-state index is 8.45. The second kappa shape index (κ2) is 7.78. The highest BCUT2D eigenvalue weighted by atomic mass is 16.5. The van der Waals surface area contributed by atoms with Crippen molar-refractivity contribution in [2.45, 2.75) is 38.7 Å². The van der Waals surface area contributed by atoms with Gasteiger partial charge in [-0.25, -0.2) is 0 Å². The van der Waals surface area contributed by atoms with E-state index in [9.17, 15) is 0 Å². The Bertz CT molecular complexity index is 1180. The van der Waals surface area contributed by atoms with E-state index in [0.29, 0.717) is 18.3 Å². The summed E-state index contributed by atoms with van der Waals surface area (Å²) in [5, 5.41) is 21.2. The smallest absolute Gasteiger partial charge is 0.132 e. The van der Waals surface area contributed by atoms with Crippen LogP contribution in [0.25, 0.3) is 11.1 Å². The minimum absolute atomic E-state index is 0.202. The van der Waals surface area contributed by atoms with Gasteiger partial charge in [-0.3, -0.25) is 20.4 Å². The van der Waals surface area contributed by atoms with Gasteiger partial charge in [-0.1, -0.05) is 30.3 Å². The van der Waals surface area contributed by atoms with Gasteiger partial charge in [0.05, 0.1) is 18.5 Å². The molecule has 6 heteroatoms. The molecule has 0 bridgehead atoms. The van der Waals surface area contributed by atoms with Crippen molar-refractivity contribution in [3.05, 3.63) is 71.0 Å². The topological polar surface area (TPSA) is 78.0 Å². The lowest BCUT2D eigenvalue weighted by Gasteiger charge is -2.31. The van der Waals surface area contributed by atoms with Crippen LogP contribution in [-0.4, -0.2) is 28.1 Å². The molecule has 158 valence electrons. The van der Waals surface area contributed by atoms with E-state index in [1.165, 1.54) is 16.7 Å². The number of rotatable bonds is 2. The highest BCUT2D eigenvalue weighted by Gasteiger charge is 2.31. The summed E-state index contributed by atoms with van der Waals surface area (Å²) in [4.78, 5) is 1.72. The second-order valence-corrected chi connectivity index (χ2v) is 8.43. The van der Waals surface area contributed by atoms with E-state index in [0.717, 1.165) is 41.6 Å². The third-order valence-corrected chi connectivity index (χ3v) is 6.40. The first-order valence-corrected chi connectivity index (χ1v) is 10.8. The first kappa shape index (κ1) is 19.7. The average molecular weight is 414 g/mol. The molecule has 1 aromatic heterocycles. The molecular weight excluding hydrogens is 386 g/mol. The predicted molar refractivity (Wildman–Crippen MR) is 123 cm³/mol.